The molecule has 5 heteroatoms. The molecule has 0 radical (unpaired) electrons. The second kappa shape index (κ2) is 8.02. The van der Waals surface area contributed by atoms with E-state index in [-0.39, 0.29) is 6.03 Å². The molecule has 0 atom stereocenters. The van der Waals surface area contributed by atoms with Crippen molar-refractivity contribution in [2.24, 2.45) is 0 Å². The van der Waals surface area contributed by atoms with Crippen molar-refractivity contribution in [3.05, 3.63) is 53.7 Å². The topological polar surface area (TPSA) is 63.2 Å². The van der Waals surface area contributed by atoms with Crippen LogP contribution in [0.5, 0.6) is 5.75 Å². The third-order valence-electron chi connectivity index (χ3n) is 3.05. The van der Waals surface area contributed by atoms with Crippen molar-refractivity contribution >= 4 is 11.8 Å². The fourth-order valence-corrected chi connectivity index (χ4v) is 1.86. The highest BCUT2D eigenvalue weighted by atomic mass is 16.5. The summed E-state index contributed by atoms with van der Waals surface area (Å²) < 4.78 is 5.59. The predicted octanol–water partition coefficient (Wildman–Crippen LogP) is 3.29. The maximum atomic E-state index is 11.7. The molecule has 1 heterocycles. The molecule has 0 saturated heterocycles. The van der Waals surface area contributed by atoms with E-state index in [1.807, 2.05) is 50.2 Å². The molecule has 0 aliphatic rings. The van der Waals surface area contributed by atoms with E-state index >= 15 is 0 Å². The molecule has 2 rings (SSSR count). The standard InChI is InChI=1S/C17H21N3O2/c1-13-4-6-15(7-5-13)22-11-3-9-19-17(21)20-16-12-14(2)8-10-18-16/h4-8,10,12H,3,9,11H2,1-2H3,(H2,18,19,20,21). The molecule has 116 valence electrons. The summed E-state index contributed by atoms with van der Waals surface area (Å²) in [7, 11) is 0. The van der Waals surface area contributed by atoms with E-state index in [1.54, 1.807) is 6.20 Å². The Bertz CT molecular complexity index is 612. The van der Waals surface area contributed by atoms with Gasteiger partial charge in [0.1, 0.15) is 11.6 Å². The highest BCUT2D eigenvalue weighted by Crippen LogP contribution is 2.11. The van der Waals surface area contributed by atoms with Crippen LogP contribution in [-0.2, 0) is 0 Å². The van der Waals surface area contributed by atoms with Crippen molar-refractivity contribution in [3.8, 4) is 5.75 Å². The lowest BCUT2D eigenvalue weighted by Crippen LogP contribution is -2.30. The van der Waals surface area contributed by atoms with E-state index in [2.05, 4.69) is 15.6 Å². The number of anilines is 1. The summed E-state index contributed by atoms with van der Waals surface area (Å²) in [5.74, 6) is 1.40. The molecule has 0 aliphatic carbocycles. The van der Waals surface area contributed by atoms with E-state index in [0.29, 0.717) is 19.0 Å². The number of carbonyl (C=O) groups excluding carboxylic acids is 1. The van der Waals surface area contributed by atoms with Gasteiger partial charge in [0.2, 0.25) is 0 Å². The molecule has 0 unspecified atom stereocenters. The molecular weight excluding hydrogens is 278 g/mol. The number of hydrogen-bond donors (Lipinski definition) is 2. The van der Waals surface area contributed by atoms with Crippen LogP contribution in [0.2, 0.25) is 0 Å². The summed E-state index contributed by atoms with van der Waals surface area (Å²) in [5.41, 5.74) is 2.26. The Balaban J connectivity index is 1.62. The number of amides is 2. The fraction of sp³-hybridized carbons (Fsp3) is 0.294. The lowest BCUT2D eigenvalue weighted by molar-refractivity contribution is 0.250. The lowest BCUT2D eigenvalue weighted by Gasteiger charge is -2.08. The van der Waals surface area contributed by atoms with E-state index in [1.165, 1.54) is 5.56 Å². The van der Waals surface area contributed by atoms with Crippen LogP contribution < -0.4 is 15.4 Å². The van der Waals surface area contributed by atoms with Gasteiger partial charge in [0.05, 0.1) is 6.61 Å². The van der Waals surface area contributed by atoms with Crippen molar-refractivity contribution in [1.82, 2.24) is 10.3 Å². The first-order valence-corrected chi connectivity index (χ1v) is 7.30. The van der Waals surface area contributed by atoms with Crippen LogP contribution in [-0.4, -0.2) is 24.2 Å². The summed E-state index contributed by atoms with van der Waals surface area (Å²) in [6.45, 7) is 5.10. The van der Waals surface area contributed by atoms with Gasteiger partial charge in [0.25, 0.3) is 0 Å². The van der Waals surface area contributed by atoms with E-state index in [0.717, 1.165) is 17.7 Å². The number of carbonyl (C=O) groups is 1. The zero-order valence-corrected chi connectivity index (χ0v) is 12.9. The number of rotatable bonds is 6. The summed E-state index contributed by atoms with van der Waals surface area (Å²) >= 11 is 0. The summed E-state index contributed by atoms with van der Waals surface area (Å²) in [4.78, 5) is 15.8. The van der Waals surface area contributed by atoms with Gasteiger partial charge in [-0.2, -0.15) is 0 Å². The first-order chi connectivity index (χ1) is 10.6. The number of urea groups is 1. The van der Waals surface area contributed by atoms with Crippen molar-refractivity contribution in [3.63, 3.8) is 0 Å². The van der Waals surface area contributed by atoms with Gasteiger partial charge in [-0.15, -0.1) is 0 Å². The molecule has 2 amide bonds. The van der Waals surface area contributed by atoms with Gasteiger partial charge in [-0.25, -0.2) is 9.78 Å². The molecule has 1 aromatic carbocycles. The van der Waals surface area contributed by atoms with Gasteiger partial charge < -0.3 is 10.1 Å². The maximum absolute atomic E-state index is 11.7. The first-order valence-electron chi connectivity index (χ1n) is 7.30. The molecular formula is C17H21N3O2. The van der Waals surface area contributed by atoms with Crippen molar-refractivity contribution in [2.75, 3.05) is 18.5 Å². The Morgan fingerprint density at radius 1 is 1.14 bits per heavy atom. The van der Waals surface area contributed by atoms with Crippen LogP contribution in [0.4, 0.5) is 10.6 Å². The van der Waals surface area contributed by atoms with E-state index in [9.17, 15) is 4.79 Å². The molecule has 1 aromatic heterocycles. The van der Waals surface area contributed by atoms with Crippen molar-refractivity contribution < 1.29 is 9.53 Å². The average molecular weight is 299 g/mol. The Morgan fingerprint density at radius 2 is 1.91 bits per heavy atom. The highest BCUT2D eigenvalue weighted by molar-refractivity contribution is 5.88. The molecule has 0 bridgehead atoms. The Labute approximate surface area is 130 Å². The number of hydrogen-bond acceptors (Lipinski definition) is 3. The smallest absolute Gasteiger partial charge is 0.320 e. The van der Waals surface area contributed by atoms with Crippen LogP contribution in [0.1, 0.15) is 17.5 Å². The quantitative estimate of drug-likeness (QED) is 0.805. The number of ether oxygens (including phenoxy) is 1. The third-order valence-corrected chi connectivity index (χ3v) is 3.05. The van der Waals surface area contributed by atoms with Crippen molar-refractivity contribution in [2.45, 2.75) is 20.3 Å². The van der Waals surface area contributed by atoms with Crippen LogP contribution in [0.3, 0.4) is 0 Å². The monoisotopic (exact) mass is 299 g/mol. The zero-order chi connectivity index (χ0) is 15.8. The van der Waals surface area contributed by atoms with Crippen LogP contribution in [0.25, 0.3) is 0 Å². The zero-order valence-electron chi connectivity index (χ0n) is 12.9. The van der Waals surface area contributed by atoms with Gasteiger partial charge in [-0.05, 0) is 50.1 Å². The second-order valence-corrected chi connectivity index (χ2v) is 5.11. The predicted molar refractivity (Wildman–Crippen MR) is 87.3 cm³/mol. The minimum absolute atomic E-state index is 0.256. The maximum Gasteiger partial charge on any atom is 0.320 e. The van der Waals surface area contributed by atoms with Crippen molar-refractivity contribution in [1.29, 1.82) is 0 Å². The number of nitrogens with zero attached hydrogens (tertiary/aromatic N) is 1. The number of benzene rings is 1. The molecule has 0 saturated carbocycles. The normalized spacial score (nSPS) is 10.1. The SMILES string of the molecule is Cc1ccc(OCCCNC(=O)Nc2cc(C)ccn2)cc1. The Morgan fingerprint density at radius 3 is 2.64 bits per heavy atom. The second-order valence-electron chi connectivity index (χ2n) is 5.11. The van der Waals surface area contributed by atoms with Crippen LogP contribution in [0.15, 0.2) is 42.6 Å². The largest absolute Gasteiger partial charge is 0.494 e. The number of pyridine rings is 1. The molecule has 2 aromatic rings. The van der Waals surface area contributed by atoms with Gasteiger partial charge >= 0.3 is 6.03 Å². The van der Waals surface area contributed by atoms with E-state index < -0.39 is 0 Å². The first kappa shape index (κ1) is 15.8. The molecule has 0 aliphatic heterocycles. The number of aromatic nitrogens is 1. The van der Waals surface area contributed by atoms with Gasteiger partial charge in [0.15, 0.2) is 0 Å². The van der Waals surface area contributed by atoms with Gasteiger partial charge in [-0.3, -0.25) is 5.32 Å². The minimum atomic E-state index is -0.256. The number of nitrogens with one attached hydrogen (secondary N) is 2. The Hall–Kier alpha value is -2.56. The average Bonchev–Trinajstić information content (AvgIpc) is 2.49. The van der Waals surface area contributed by atoms with Crippen LogP contribution in [0, 0.1) is 13.8 Å². The van der Waals surface area contributed by atoms with Crippen LogP contribution >= 0.6 is 0 Å². The summed E-state index contributed by atoms with van der Waals surface area (Å²) in [6, 6.07) is 11.4. The lowest BCUT2D eigenvalue weighted by atomic mass is 10.2. The number of aryl methyl sites for hydroxylation is 2. The van der Waals surface area contributed by atoms with Gasteiger partial charge in [0, 0.05) is 12.7 Å². The third kappa shape index (κ3) is 5.44. The Kier molecular flexibility index (Phi) is 5.77. The fourth-order valence-electron chi connectivity index (χ4n) is 1.86. The van der Waals surface area contributed by atoms with Gasteiger partial charge in [-0.1, -0.05) is 17.7 Å². The molecule has 22 heavy (non-hydrogen) atoms. The molecule has 0 spiro atoms. The van der Waals surface area contributed by atoms with E-state index in [4.69, 9.17) is 4.74 Å². The molecule has 2 N–H and O–H groups in total. The minimum Gasteiger partial charge on any atom is -0.494 e. The highest BCUT2D eigenvalue weighted by Gasteiger charge is 2.02. The summed E-state index contributed by atoms with van der Waals surface area (Å²) in [5, 5.41) is 5.47. The molecule has 5 nitrogen and oxygen atoms in total. The molecule has 0 fully saturated rings. The summed E-state index contributed by atoms with van der Waals surface area (Å²) in [6.07, 6.45) is 2.41.